The van der Waals surface area contributed by atoms with Crippen LogP contribution in [0, 0.1) is 20.8 Å². The Kier molecular flexibility index (Phi) is 6.39. The molecule has 0 atom stereocenters. The van der Waals surface area contributed by atoms with Crippen LogP contribution in [-0.4, -0.2) is 38.4 Å². The SMILES string of the molecule is COc1ccc(Cl)cc1-c1nc(SCC(=O)c2cc(C)n(-c3ccc(C)cc3)c2C)n[nH]1. The maximum atomic E-state index is 13.0. The van der Waals surface area contributed by atoms with Crippen LogP contribution in [0.1, 0.15) is 27.3 Å². The minimum atomic E-state index is 0.0353. The second-order valence-corrected chi connectivity index (χ2v) is 8.86. The summed E-state index contributed by atoms with van der Waals surface area (Å²) < 4.78 is 7.48. The van der Waals surface area contributed by atoms with Gasteiger partial charge in [-0.2, -0.15) is 0 Å². The third kappa shape index (κ3) is 4.45. The molecule has 8 heteroatoms. The Bertz CT molecular complexity index is 1280. The van der Waals surface area contributed by atoms with E-state index in [0.29, 0.717) is 32.9 Å². The van der Waals surface area contributed by atoms with Crippen molar-refractivity contribution in [3.63, 3.8) is 0 Å². The summed E-state index contributed by atoms with van der Waals surface area (Å²) in [5.74, 6) is 1.45. The highest BCUT2D eigenvalue weighted by atomic mass is 35.5. The normalized spacial score (nSPS) is 11.0. The van der Waals surface area contributed by atoms with E-state index < -0.39 is 0 Å². The average molecular weight is 467 g/mol. The molecule has 0 fully saturated rings. The molecule has 0 bridgehead atoms. The van der Waals surface area contributed by atoms with E-state index in [0.717, 1.165) is 17.1 Å². The van der Waals surface area contributed by atoms with Crippen LogP contribution in [-0.2, 0) is 0 Å². The van der Waals surface area contributed by atoms with Crippen LogP contribution in [0.3, 0.4) is 0 Å². The standard InChI is InChI=1S/C24H23ClN4O2S/c1-14-5-8-18(9-6-14)29-15(2)11-19(16(29)3)21(30)13-32-24-26-23(27-28-24)20-12-17(25)7-10-22(20)31-4/h5-12H,13H2,1-4H3,(H,26,27,28). The van der Waals surface area contributed by atoms with E-state index >= 15 is 0 Å². The van der Waals surface area contributed by atoms with E-state index in [1.54, 1.807) is 25.3 Å². The molecule has 0 saturated carbocycles. The highest BCUT2D eigenvalue weighted by molar-refractivity contribution is 7.99. The van der Waals surface area contributed by atoms with E-state index in [1.807, 2.05) is 19.9 Å². The fraction of sp³-hybridized carbons (Fsp3) is 0.208. The molecule has 0 spiro atoms. The molecule has 0 unspecified atom stereocenters. The van der Waals surface area contributed by atoms with Crippen molar-refractivity contribution in [2.75, 3.05) is 12.9 Å². The maximum Gasteiger partial charge on any atom is 0.209 e. The monoisotopic (exact) mass is 466 g/mol. The van der Waals surface area contributed by atoms with Crippen molar-refractivity contribution in [1.82, 2.24) is 19.7 Å². The van der Waals surface area contributed by atoms with E-state index in [4.69, 9.17) is 16.3 Å². The predicted octanol–water partition coefficient (Wildman–Crippen LogP) is 5.82. The number of nitrogens with zero attached hydrogens (tertiary/aromatic N) is 3. The lowest BCUT2D eigenvalue weighted by Crippen LogP contribution is -2.05. The number of carbonyl (C=O) groups is 1. The molecule has 32 heavy (non-hydrogen) atoms. The van der Waals surface area contributed by atoms with Crippen LogP contribution in [0.25, 0.3) is 17.1 Å². The van der Waals surface area contributed by atoms with Gasteiger partial charge in [-0.25, -0.2) is 4.98 Å². The molecular weight excluding hydrogens is 444 g/mol. The quantitative estimate of drug-likeness (QED) is 0.274. The number of hydrogen-bond donors (Lipinski definition) is 1. The third-order valence-corrected chi connectivity index (χ3v) is 6.32. The Morgan fingerprint density at radius 3 is 2.59 bits per heavy atom. The van der Waals surface area contributed by atoms with Crippen molar-refractivity contribution in [2.45, 2.75) is 25.9 Å². The number of ketones is 1. The van der Waals surface area contributed by atoms with Crippen LogP contribution in [0.2, 0.25) is 5.02 Å². The zero-order valence-electron chi connectivity index (χ0n) is 18.3. The molecule has 0 radical (unpaired) electrons. The summed E-state index contributed by atoms with van der Waals surface area (Å²) in [6, 6.07) is 15.5. The number of benzene rings is 2. The molecule has 0 aliphatic carbocycles. The van der Waals surface area contributed by atoms with Gasteiger partial charge in [-0.05, 0) is 57.2 Å². The number of carbonyl (C=O) groups excluding carboxylic acids is 1. The van der Waals surface area contributed by atoms with Gasteiger partial charge in [-0.15, -0.1) is 5.10 Å². The minimum absolute atomic E-state index is 0.0353. The number of thioether (sulfide) groups is 1. The van der Waals surface area contributed by atoms with Crippen LogP contribution in [0.15, 0.2) is 53.7 Å². The second kappa shape index (κ2) is 9.22. The highest BCUT2D eigenvalue weighted by Crippen LogP contribution is 2.31. The molecule has 0 amide bonds. The smallest absolute Gasteiger partial charge is 0.209 e. The Morgan fingerprint density at radius 1 is 1.12 bits per heavy atom. The van der Waals surface area contributed by atoms with Gasteiger partial charge in [0.2, 0.25) is 5.16 Å². The summed E-state index contributed by atoms with van der Waals surface area (Å²) in [7, 11) is 1.59. The van der Waals surface area contributed by atoms with Crippen LogP contribution in [0.5, 0.6) is 5.75 Å². The van der Waals surface area contributed by atoms with Crippen molar-refractivity contribution in [3.8, 4) is 22.8 Å². The first-order valence-electron chi connectivity index (χ1n) is 10.1. The van der Waals surface area contributed by atoms with E-state index in [2.05, 4.69) is 50.9 Å². The van der Waals surface area contributed by atoms with Gasteiger partial charge in [0.1, 0.15) is 5.75 Å². The van der Waals surface area contributed by atoms with Gasteiger partial charge in [0, 0.05) is 27.7 Å². The molecule has 2 aromatic heterocycles. The number of aromatic nitrogens is 4. The molecule has 4 aromatic rings. The Hall–Kier alpha value is -3.03. The number of aryl methyl sites for hydroxylation is 2. The van der Waals surface area contributed by atoms with Gasteiger partial charge in [-0.3, -0.25) is 9.89 Å². The summed E-state index contributed by atoms with van der Waals surface area (Å²) in [6.45, 7) is 6.04. The van der Waals surface area contributed by atoms with Crippen molar-refractivity contribution in [3.05, 3.63) is 76.1 Å². The minimum Gasteiger partial charge on any atom is -0.496 e. The van der Waals surface area contributed by atoms with E-state index in [9.17, 15) is 4.79 Å². The zero-order chi connectivity index (χ0) is 22.8. The Labute approximate surface area is 196 Å². The average Bonchev–Trinajstić information content (AvgIpc) is 3.37. The number of methoxy groups -OCH3 is 1. The van der Waals surface area contributed by atoms with Crippen LogP contribution >= 0.6 is 23.4 Å². The van der Waals surface area contributed by atoms with Crippen LogP contribution < -0.4 is 4.74 Å². The van der Waals surface area contributed by atoms with Crippen molar-refractivity contribution < 1.29 is 9.53 Å². The molecule has 0 aliphatic heterocycles. The zero-order valence-corrected chi connectivity index (χ0v) is 19.8. The van der Waals surface area contributed by atoms with Gasteiger partial charge < -0.3 is 9.30 Å². The molecule has 0 aliphatic rings. The van der Waals surface area contributed by atoms with Crippen molar-refractivity contribution in [2.24, 2.45) is 0 Å². The number of hydrogen-bond acceptors (Lipinski definition) is 5. The lowest BCUT2D eigenvalue weighted by Gasteiger charge is -2.10. The topological polar surface area (TPSA) is 72.8 Å². The fourth-order valence-electron chi connectivity index (χ4n) is 3.64. The summed E-state index contributed by atoms with van der Waals surface area (Å²) in [5.41, 5.74) is 5.62. The third-order valence-electron chi connectivity index (χ3n) is 5.24. The first-order chi connectivity index (χ1) is 15.4. The molecule has 2 aromatic carbocycles. The van der Waals surface area contributed by atoms with Gasteiger partial charge in [0.15, 0.2) is 11.6 Å². The molecule has 4 rings (SSSR count). The van der Waals surface area contributed by atoms with Gasteiger partial charge >= 0.3 is 0 Å². The van der Waals surface area contributed by atoms with Gasteiger partial charge in [0.25, 0.3) is 0 Å². The number of rotatable bonds is 7. The summed E-state index contributed by atoms with van der Waals surface area (Å²) in [5, 5.41) is 8.20. The summed E-state index contributed by atoms with van der Waals surface area (Å²) in [6.07, 6.45) is 0. The van der Waals surface area contributed by atoms with Crippen LogP contribution in [0.4, 0.5) is 0 Å². The number of aromatic amines is 1. The van der Waals surface area contributed by atoms with Gasteiger partial charge in [-0.1, -0.05) is 41.1 Å². The lowest BCUT2D eigenvalue weighted by molar-refractivity contribution is 0.102. The molecule has 2 heterocycles. The van der Waals surface area contributed by atoms with Gasteiger partial charge in [0.05, 0.1) is 18.4 Å². The highest BCUT2D eigenvalue weighted by Gasteiger charge is 2.18. The summed E-state index contributed by atoms with van der Waals surface area (Å²) >= 11 is 7.41. The Morgan fingerprint density at radius 2 is 1.88 bits per heavy atom. The summed E-state index contributed by atoms with van der Waals surface area (Å²) in [4.78, 5) is 17.5. The Balaban J connectivity index is 1.50. The largest absolute Gasteiger partial charge is 0.496 e. The van der Waals surface area contributed by atoms with Crippen molar-refractivity contribution >= 4 is 29.1 Å². The number of halogens is 1. The van der Waals surface area contributed by atoms with E-state index in [1.165, 1.54) is 17.3 Å². The first-order valence-corrected chi connectivity index (χ1v) is 11.4. The first kappa shape index (κ1) is 22.2. The fourth-order valence-corrected chi connectivity index (χ4v) is 4.49. The molecule has 1 N–H and O–H groups in total. The predicted molar refractivity (Wildman–Crippen MR) is 128 cm³/mol. The number of nitrogens with one attached hydrogen (secondary N) is 1. The molecule has 0 saturated heterocycles. The van der Waals surface area contributed by atoms with Crippen molar-refractivity contribution in [1.29, 1.82) is 0 Å². The maximum absolute atomic E-state index is 13.0. The van der Waals surface area contributed by atoms with E-state index in [-0.39, 0.29) is 11.5 Å². The number of ether oxygens (including phenoxy) is 1. The second-order valence-electron chi connectivity index (χ2n) is 7.48. The number of Topliss-reactive ketones (excluding diaryl/α,β-unsaturated/α-hetero) is 1. The lowest BCUT2D eigenvalue weighted by atomic mass is 10.2. The number of H-pyrrole nitrogens is 1. The molecular formula is C24H23ClN4O2S. The molecule has 6 nitrogen and oxygen atoms in total. The molecule has 164 valence electrons.